The highest BCUT2D eigenvalue weighted by Gasteiger charge is 2.35. The summed E-state index contributed by atoms with van der Waals surface area (Å²) in [5.74, 6) is -1.39. The molecule has 0 bridgehead atoms. The zero-order valence-corrected chi connectivity index (χ0v) is 28.1. The monoisotopic (exact) mass is 643 g/mol. The largest absolute Gasteiger partial charge is 0.350 e. The lowest BCUT2D eigenvalue weighted by Gasteiger charge is -2.35. The number of carbonyl (C=O) groups is 2. The molecule has 0 saturated carbocycles. The zero-order chi connectivity index (χ0) is 33.6. The molecule has 4 aromatic carbocycles. The number of anilines is 1. The second kappa shape index (κ2) is 14.3. The molecule has 2 amide bonds. The first kappa shape index (κ1) is 34.4. The molecule has 0 aliphatic heterocycles. The van der Waals surface area contributed by atoms with Gasteiger partial charge in [-0.1, -0.05) is 66.2 Å². The van der Waals surface area contributed by atoms with Gasteiger partial charge in [-0.05, 0) is 100 Å². The average molecular weight is 644 g/mol. The molecule has 1 atom stereocenters. The highest BCUT2D eigenvalue weighted by molar-refractivity contribution is 7.92. The minimum absolute atomic E-state index is 0.0422. The van der Waals surface area contributed by atoms with Gasteiger partial charge in [-0.25, -0.2) is 12.8 Å². The van der Waals surface area contributed by atoms with Crippen molar-refractivity contribution < 1.29 is 22.4 Å². The lowest BCUT2D eigenvalue weighted by atomic mass is 10.0. The van der Waals surface area contributed by atoms with Crippen LogP contribution < -0.4 is 9.62 Å². The van der Waals surface area contributed by atoms with Crippen LogP contribution in [0.15, 0.2) is 102 Å². The lowest BCUT2D eigenvalue weighted by Crippen LogP contribution is -2.56. The third kappa shape index (κ3) is 9.03. The minimum atomic E-state index is -4.21. The van der Waals surface area contributed by atoms with Crippen molar-refractivity contribution in [2.45, 2.75) is 71.0 Å². The van der Waals surface area contributed by atoms with Gasteiger partial charge in [-0.3, -0.25) is 13.9 Å². The van der Waals surface area contributed by atoms with Gasteiger partial charge in [0.25, 0.3) is 10.0 Å². The third-order valence-electron chi connectivity index (χ3n) is 7.42. The summed E-state index contributed by atoms with van der Waals surface area (Å²) in [6.45, 7) is 10.6. The highest BCUT2D eigenvalue weighted by atomic mass is 32.2. The Bertz CT molecular complexity index is 1750. The number of hydrogen-bond donors (Lipinski definition) is 1. The smallest absolute Gasteiger partial charge is 0.264 e. The van der Waals surface area contributed by atoms with Crippen LogP contribution in [0.5, 0.6) is 0 Å². The van der Waals surface area contributed by atoms with Crippen molar-refractivity contribution in [3.05, 3.63) is 131 Å². The van der Waals surface area contributed by atoms with Gasteiger partial charge in [0.15, 0.2) is 0 Å². The predicted octanol–water partition coefficient (Wildman–Crippen LogP) is 6.50. The van der Waals surface area contributed by atoms with E-state index in [2.05, 4.69) is 5.32 Å². The Kier molecular flexibility index (Phi) is 10.7. The standard InChI is InChI=1S/C37H42FN3O4S/c1-26-12-18-33(19-13-26)46(44,45)41(32-21-27(2)20-28(3)22-32)25-35(42)40(24-30-14-16-31(38)17-15-30)34(36(43)39-37(4,5)6)23-29-10-8-7-9-11-29/h7-22,34H,23-25H2,1-6H3,(H,39,43)/t34-/m1/s1. The van der Waals surface area contributed by atoms with E-state index in [9.17, 15) is 22.4 Å². The minimum Gasteiger partial charge on any atom is -0.350 e. The Balaban J connectivity index is 1.84. The van der Waals surface area contributed by atoms with Crippen LogP contribution in [0.1, 0.15) is 48.6 Å². The van der Waals surface area contributed by atoms with Crippen LogP contribution in [0, 0.1) is 26.6 Å². The first-order valence-corrected chi connectivity index (χ1v) is 16.6. The van der Waals surface area contributed by atoms with Gasteiger partial charge in [-0.2, -0.15) is 0 Å². The van der Waals surface area contributed by atoms with E-state index in [0.29, 0.717) is 11.3 Å². The fourth-order valence-electron chi connectivity index (χ4n) is 5.25. The SMILES string of the molecule is Cc1ccc(S(=O)(=O)N(CC(=O)N(Cc2ccc(F)cc2)[C@H](Cc2ccccc2)C(=O)NC(C)(C)C)c2cc(C)cc(C)c2)cc1. The van der Waals surface area contributed by atoms with Gasteiger partial charge < -0.3 is 10.2 Å². The second-order valence-corrected chi connectivity index (χ2v) is 14.6. The van der Waals surface area contributed by atoms with Crippen molar-refractivity contribution in [3.63, 3.8) is 0 Å². The molecule has 1 N–H and O–H groups in total. The van der Waals surface area contributed by atoms with Gasteiger partial charge in [0.1, 0.15) is 18.4 Å². The van der Waals surface area contributed by atoms with Crippen LogP contribution in [0.4, 0.5) is 10.1 Å². The Morgan fingerprint density at radius 3 is 1.93 bits per heavy atom. The number of benzene rings is 4. The van der Waals surface area contributed by atoms with Crippen LogP contribution in [-0.4, -0.2) is 43.3 Å². The Morgan fingerprint density at radius 2 is 1.37 bits per heavy atom. The number of rotatable bonds is 11. The van der Waals surface area contributed by atoms with E-state index in [-0.39, 0.29) is 23.8 Å². The fourth-order valence-corrected chi connectivity index (χ4v) is 6.65. The summed E-state index contributed by atoms with van der Waals surface area (Å²) in [7, 11) is -4.21. The van der Waals surface area contributed by atoms with E-state index in [1.165, 1.54) is 29.2 Å². The molecule has 7 nitrogen and oxygen atoms in total. The van der Waals surface area contributed by atoms with Crippen LogP contribution >= 0.6 is 0 Å². The van der Waals surface area contributed by atoms with Crippen LogP contribution in [0.25, 0.3) is 0 Å². The summed E-state index contributed by atoms with van der Waals surface area (Å²) >= 11 is 0. The summed E-state index contributed by atoms with van der Waals surface area (Å²) in [5, 5.41) is 3.01. The van der Waals surface area contributed by atoms with Crippen molar-refractivity contribution in [1.82, 2.24) is 10.2 Å². The highest BCUT2D eigenvalue weighted by Crippen LogP contribution is 2.27. The molecule has 4 rings (SSSR count). The molecule has 0 saturated heterocycles. The number of halogens is 1. The number of hydrogen-bond acceptors (Lipinski definition) is 4. The molecule has 9 heteroatoms. The molecule has 0 spiro atoms. The number of amides is 2. The summed E-state index contributed by atoms with van der Waals surface area (Å²) in [5.41, 5.74) is 3.72. The van der Waals surface area contributed by atoms with Crippen LogP contribution in [0.2, 0.25) is 0 Å². The predicted molar refractivity (Wildman–Crippen MR) is 180 cm³/mol. The van der Waals surface area contributed by atoms with Crippen molar-refractivity contribution in [1.29, 1.82) is 0 Å². The molecule has 0 aliphatic rings. The molecule has 242 valence electrons. The van der Waals surface area contributed by atoms with Gasteiger partial charge in [0.2, 0.25) is 11.8 Å². The molecular formula is C37H42FN3O4S. The van der Waals surface area contributed by atoms with Gasteiger partial charge in [0, 0.05) is 18.5 Å². The maximum absolute atomic E-state index is 14.6. The fraction of sp³-hybridized carbons (Fsp3) is 0.297. The summed E-state index contributed by atoms with van der Waals surface area (Å²) in [6, 6.07) is 25.9. The summed E-state index contributed by atoms with van der Waals surface area (Å²) < 4.78 is 43.5. The number of sulfonamides is 1. The number of nitrogens with one attached hydrogen (secondary N) is 1. The van der Waals surface area contributed by atoms with Crippen molar-refractivity contribution >= 4 is 27.5 Å². The molecule has 0 aromatic heterocycles. The first-order chi connectivity index (χ1) is 21.6. The maximum Gasteiger partial charge on any atom is 0.264 e. The summed E-state index contributed by atoms with van der Waals surface area (Å²) in [4.78, 5) is 30.0. The van der Waals surface area contributed by atoms with E-state index in [1.54, 1.807) is 36.4 Å². The molecule has 0 unspecified atom stereocenters. The molecule has 0 heterocycles. The van der Waals surface area contributed by atoms with Gasteiger partial charge in [0.05, 0.1) is 10.6 Å². The maximum atomic E-state index is 14.6. The van der Waals surface area contributed by atoms with Crippen molar-refractivity contribution in [2.75, 3.05) is 10.8 Å². The molecular weight excluding hydrogens is 601 g/mol. The normalized spacial score (nSPS) is 12.3. The Morgan fingerprint density at radius 1 is 0.783 bits per heavy atom. The first-order valence-electron chi connectivity index (χ1n) is 15.2. The number of nitrogens with zero attached hydrogens (tertiary/aromatic N) is 2. The van der Waals surface area contributed by atoms with E-state index in [4.69, 9.17) is 0 Å². The Labute approximate surface area is 272 Å². The van der Waals surface area contributed by atoms with E-state index in [1.807, 2.05) is 77.9 Å². The Hall–Kier alpha value is -4.50. The summed E-state index contributed by atoms with van der Waals surface area (Å²) in [6.07, 6.45) is 0.184. The average Bonchev–Trinajstić information content (AvgIpc) is 2.97. The van der Waals surface area contributed by atoms with Gasteiger partial charge >= 0.3 is 0 Å². The molecule has 0 fully saturated rings. The molecule has 46 heavy (non-hydrogen) atoms. The number of aryl methyl sites for hydroxylation is 3. The lowest BCUT2D eigenvalue weighted by molar-refractivity contribution is -0.140. The van der Waals surface area contributed by atoms with Gasteiger partial charge in [-0.15, -0.1) is 0 Å². The van der Waals surface area contributed by atoms with E-state index < -0.39 is 39.9 Å². The number of carbonyl (C=O) groups excluding carboxylic acids is 2. The van der Waals surface area contributed by atoms with E-state index >= 15 is 0 Å². The third-order valence-corrected chi connectivity index (χ3v) is 9.21. The topological polar surface area (TPSA) is 86.8 Å². The van der Waals surface area contributed by atoms with Crippen molar-refractivity contribution in [2.24, 2.45) is 0 Å². The quantitative estimate of drug-likeness (QED) is 0.202. The molecule has 0 aliphatic carbocycles. The van der Waals surface area contributed by atoms with Crippen LogP contribution in [-0.2, 0) is 32.6 Å². The van der Waals surface area contributed by atoms with Crippen LogP contribution in [0.3, 0.4) is 0 Å². The van der Waals surface area contributed by atoms with Crippen molar-refractivity contribution in [3.8, 4) is 0 Å². The zero-order valence-electron chi connectivity index (χ0n) is 27.2. The molecule has 0 radical (unpaired) electrons. The molecule has 4 aromatic rings. The second-order valence-electron chi connectivity index (χ2n) is 12.8. The van der Waals surface area contributed by atoms with E-state index in [0.717, 1.165) is 26.6 Å².